The Hall–Kier alpha value is -1.66. The molecule has 0 aliphatic rings. The number of nitrogens with zero attached hydrogens (tertiary/aromatic N) is 2. The van der Waals surface area contributed by atoms with Gasteiger partial charge in [-0.2, -0.15) is 5.10 Å². The molecule has 20 heavy (non-hydrogen) atoms. The molecule has 0 unspecified atom stereocenters. The monoisotopic (exact) mass is 302 g/mol. The minimum absolute atomic E-state index is 0.109. The zero-order valence-corrected chi connectivity index (χ0v) is 11.7. The lowest BCUT2D eigenvalue weighted by molar-refractivity contribution is 0.260. The Kier molecular flexibility index (Phi) is 4.25. The van der Waals surface area contributed by atoms with E-state index in [1.165, 1.54) is 4.68 Å². The lowest BCUT2D eigenvalue weighted by Gasteiger charge is -2.10. The van der Waals surface area contributed by atoms with Crippen LogP contribution < -0.4 is 4.74 Å². The molecule has 4 nitrogen and oxygen atoms in total. The van der Waals surface area contributed by atoms with Crippen LogP contribution in [0.2, 0.25) is 5.02 Å². The zero-order chi connectivity index (χ0) is 14.9. The number of ether oxygens (including phenoxy) is 1. The molecule has 0 aliphatic heterocycles. The predicted octanol–water partition coefficient (Wildman–Crippen LogP) is 2.73. The molecular formula is C13H13ClF2N2O2. The molecule has 0 aliphatic carbocycles. The molecule has 2 aromatic rings. The number of hydrogen-bond acceptors (Lipinski definition) is 3. The van der Waals surface area contributed by atoms with Crippen molar-refractivity contribution in [2.45, 2.75) is 20.1 Å². The third-order valence-electron chi connectivity index (χ3n) is 2.86. The Morgan fingerprint density at radius 3 is 2.40 bits per heavy atom. The van der Waals surface area contributed by atoms with Gasteiger partial charge in [0.15, 0.2) is 17.4 Å². The lowest BCUT2D eigenvalue weighted by atomic mass is 10.2. The first kappa shape index (κ1) is 14.7. The Morgan fingerprint density at radius 2 is 1.95 bits per heavy atom. The van der Waals surface area contributed by atoms with Crippen molar-refractivity contribution in [2.24, 2.45) is 7.05 Å². The van der Waals surface area contributed by atoms with Crippen molar-refractivity contribution in [1.29, 1.82) is 0 Å². The molecule has 1 N–H and O–H groups in total. The van der Waals surface area contributed by atoms with Crippen LogP contribution in [0.1, 0.15) is 17.0 Å². The van der Waals surface area contributed by atoms with Gasteiger partial charge < -0.3 is 9.84 Å². The van der Waals surface area contributed by atoms with E-state index >= 15 is 0 Å². The van der Waals surface area contributed by atoms with Crippen LogP contribution in [-0.4, -0.2) is 14.9 Å². The van der Waals surface area contributed by atoms with Gasteiger partial charge in [-0.15, -0.1) is 0 Å². The first-order valence-corrected chi connectivity index (χ1v) is 6.21. The van der Waals surface area contributed by atoms with Gasteiger partial charge in [-0.25, -0.2) is 8.78 Å². The van der Waals surface area contributed by atoms with Crippen molar-refractivity contribution in [1.82, 2.24) is 9.78 Å². The van der Waals surface area contributed by atoms with Crippen LogP contribution in [0.25, 0.3) is 0 Å². The van der Waals surface area contributed by atoms with E-state index in [9.17, 15) is 8.78 Å². The topological polar surface area (TPSA) is 47.3 Å². The first-order chi connectivity index (χ1) is 9.43. The highest BCUT2D eigenvalue weighted by molar-refractivity contribution is 6.31. The minimum Gasteiger partial charge on any atom is -0.481 e. The fourth-order valence-electron chi connectivity index (χ4n) is 1.82. The number of halogens is 3. The predicted molar refractivity (Wildman–Crippen MR) is 69.6 cm³/mol. The summed E-state index contributed by atoms with van der Waals surface area (Å²) in [5.41, 5.74) is 1.28. The van der Waals surface area contributed by atoms with Gasteiger partial charge in [0.2, 0.25) is 0 Å². The number of aliphatic hydroxyl groups excluding tert-OH is 1. The Labute approximate surface area is 119 Å². The molecule has 0 spiro atoms. The van der Waals surface area contributed by atoms with Gasteiger partial charge in [-0.1, -0.05) is 11.6 Å². The van der Waals surface area contributed by atoms with E-state index in [1.54, 1.807) is 14.0 Å². The summed E-state index contributed by atoms with van der Waals surface area (Å²) in [6, 6.07) is 2.04. The Morgan fingerprint density at radius 1 is 1.35 bits per heavy atom. The molecule has 0 atom stereocenters. The highest BCUT2D eigenvalue weighted by atomic mass is 35.5. The van der Waals surface area contributed by atoms with Crippen LogP contribution in [0.15, 0.2) is 12.1 Å². The maximum atomic E-state index is 13.7. The molecule has 2 rings (SSSR count). The molecule has 1 heterocycles. The number of hydrogen-bond donors (Lipinski definition) is 1. The number of aromatic nitrogens is 2. The zero-order valence-electron chi connectivity index (χ0n) is 11.0. The van der Waals surface area contributed by atoms with E-state index < -0.39 is 24.0 Å². The summed E-state index contributed by atoms with van der Waals surface area (Å²) in [6.45, 7) is 1.17. The lowest BCUT2D eigenvalue weighted by Crippen LogP contribution is -2.06. The maximum Gasteiger partial charge on any atom is 0.191 e. The summed E-state index contributed by atoms with van der Waals surface area (Å²) in [6.07, 6.45) is 0. The second-order valence-electron chi connectivity index (χ2n) is 4.31. The molecule has 0 saturated heterocycles. The second kappa shape index (κ2) is 5.76. The average molecular weight is 303 g/mol. The molecule has 1 aromatic carbocycles. The van der Waals surface area contributed by atoms with Crippen LogP contribution in [0.5, 0.6) is 5.75 Å². The quantitative estimate of drug-likeness (QED) is 0.944. The molecular weight excluding hydrogens is 290 g/mol. The van der Waals surface area contributed by atoms with Gasteiger partial charge in [0.05, 0.1) is 23.0 Å². The molecule has 0 bridgehead atoms. The summed E-state index contributed by atoms with van der Waals surface area (Å²) in [4.78, 5) is 0. The van der Waals surface area contributed by atoms with E-state index in [2.05, 4.69) is 5.10 Å². The summed E-state index contributed by atoms with van der Waals surface area (Å²) in [5.74, 6) is -2.25. The average Bonchev–Trinajstić information content (AvgIpc) is 2.63. The van der Waals surface area contributed by atoms with Crippen molar-refractivity contribution in [3.63, 3.8) is 0 Å². The van der Waals surface area contributed by atoms with Gasteiger partial charge in [-0.3, -0.25) is 4.68 Å². The number of aliphatic hydroxyl groups is 1. The molecule has 0 fully saturated rings. The maximum absolute atomic E-state index is 13.7. The van der Waals surface area contributed by atoms with Gasteiger partial charge in [-0.05, 0) is 24.6 Å². The summed E-state index contributed by atoms with van der Waals surface area (Å²) < 4.78 is 34.0. The van der Waals surface area contributed by atoms with Crippen LogP contribution in [0.4, 0.5) is 8.78 Å². The number of benzene rings is 1. The molecule has 0 saturated carbocycles. The minimum atomic E-state index is -0.871. The van der Waals surface area contributed by atoms with E-state index in [-0.39, 0.29) is 12.2 Å². The van der Waals surface area contributed by atoms with Crippen LogP contribution in [-0.2, 0) is 20.3 Å². The number of rotatable bonds is 4. The van der Waals surface area contributed by atoms with E-state index in [0.29, 0.717) is 16.4 Å². The van der Waals surface area contributed by atoms with E-state index in [0.717, 1.165) is 12.1 Å². The van der Waals surface area contributed by atoms with Crippen molar-refractivity contribution >= 4 is 11.6 Å². The van der Waals surface area contributed by atoms with Crippen LogP contribution >= 0.6 is 11.6 Å². The fourth-order valence-corrected chi connectivity index (χ4v) is 2.03. The standard InChI is InChI=1S/C13H13ClF2N2O2/c1-7-12(14)11(18(2)17-7)6-20-13-9(15)3-8(5-19)4-10(13)16/h3-4,19H,5-6H2,1-2H3. The third-order valence-corrected chi connectivity index (χ3v) is 3.35. The highest BCUT2D eigenvalue weighted by Gasteiger charge is 2.16. The molecule has 7 heteroatoms. The van der Waals surface area contributed by atoms with Gasteiger partial charge in [0.25, 0.3) is 0 Å². The second-order valence-corrected chi connectivity index (χ2v) is 4.68. The smallest absolute Gasteiger partial charge is 0.191 e. The summed E-state index contributed by atoms with van der Waals surface area (Å²) in [5, 5.41) is 13.3. The highest BCUT2D eigenvalue weighted by Crippen LogP contribution is 2.26. The van der Waals surface area contributed by atoms with Crippen LogP contribution in [0.3, 0.4) is 0 Å². The van der Waals surface area contributed by atoms with Crippen molar-refractivity contribution in [3.05, 3.63) is 45.7 Å². The van der Waals surface area contributed by atoms with Crippen molar-refractivity contribution in [3.8, 4) is 5.75 Å². The van der Waals surface area contributed by atoms with E-state index in [1.807, 2.05) is 0 Å². The Balaban J connectivity index is 2.23. The molecule has 0 amide bonds. The van der Waals surface area contributed by atoms with Gasteiger partial charge in [0.1, 0.15) is 6.61 Å². The Bertz CT molecular complexity index is 621. The number of aryl methyl sites for hydroxylation is 2. The van der Waals surface area contributed by atoms with E-state index in [4.69, 9.17) is 21.4 Å². The first-order valence-electron chi connectivity index (χ1n) is 5.83. The van der Waals surface area contributed by atoms with Crippen LogP contribution in [0, 0.1) is 18.6 Å². The fraction of sp³-hybridized carbons (Fsp3) is 0.308. The molecule has 0 radical (unpaired) electrons. The summed E-state index contributed by atoms with van der Waals surface area (Å²) in [7, 11) is 1.67. The summed E-state index contributed by atoms with van der Waals surface area (Å²) >= 11 is 6.02. The van der Waals surface area contributed by atoms with Crippen molar-refractivity contribution in [2.75, 3.05) is 0 Å². The van der Waals surface area contributed by atoms with Gasteiger partial charge in [0, 0.05) is 7.05 Å². The largest absolute Gasteiger partial charge is 0.481 e. The van der Waals surface area contributed by atoms with Crippen molar-refractivity contribution < 1.29 is 18.6 Å². The third kappa shape index (κ3) is 2.76. The normalized spacial score (nSPS) is 10.9. The molecule has 1 aromatic heterocycles. The molecule has 108 valence electrons. The van der Waals surface area contributed by atoms with Gasteiger partial charge >= 0.3 is 0 Å². The SMILES string of the molecule is Cc1nn(C)c(COc2c(F)cc(CO)cc2F)c1Cl.